The number of nitrogens with zero attached hydrogens (tertiary/aromatic N) is 1. The maximum absolute atomic E-state index is 12.3. The number of aryl methyl sites for hydroxylation is 1. The molecule has 1 aliphatic rings. The summed E-state index contributed by atoms with van der Waals surface area (Å²) in [7, 11) is 0. The summed E-state index contributed by atoms with van der Waals surface area (Å²) in [4.78, 5) is 39.9. The van der Waals surface area contributed by atoms with Crippen molar-refractivity contribution in [2.24, 2.45) is 0 Å². The number of urea groups is 1. The number of aromatic nitrogens is 1. The van der Waals surface area contributed by atoms with E-state index in [0.29, 0.717) is 12.4 Å². The molecule has 2 aromatic carbocycles. The number of fused-ring (bicyclic) bond motifs is 1. The smallest absolute Gasteiger partial charge is 0.322 e. The molecule has 3 N–H and O–H groups in total. The van der Waals surface area contributed by atoms with Gasteiger partial charge in [-0.05, 0) is 43.7 Å². The lowest BCUT2D eigenvalue weighted by Crippen LogP contribution is -2.53. The molecule has 8 nitrogen and oxygen atoms in total. The van der Waals surface area contributed by atoms with Gasteiger partial charge in [0.25, 0.3) is 5.91 Å². The van der Waals surface area contributed by atoms with Crippen molar-refractivity contribution in [2.45, 2.75) is 32.4 Å². The molecule has 1 atom stereocenters. The summed E-state index contributed by atoms with van der Waals surface area (Å²) < 4.78 is 5.95. The highest BCUT2D eigenvalue weighted by atomic mass is 16.5. The molecule has 4 rings (SSSR count). The molecule has 1 unspecified atom stereocenters. The van der Waals surface area contributed by atoms with Crippen LogP contribution in [0.1, 0.15) is 23.7 Å². The molecule has 4 amide bonds. The van der Waals surface area contributed by atoms with Crippen LogP contribution in [0.2, 0.25) is 0 Å². The Hall–Kier alpha value is -3.94. The van der Waals surface area contributed by atoms with Crippen molar-refractivity contribution in [2.75, 3.05) is 6.54 Å². The van der Waals surface area contributed by atoms with Crippen molar-refractivity contribution in [3.63, 3.8) is 0 Å². The number of benzene rings is 2. The third-order valence-corrected chi connectivity index (χ3v) is 5.37. The van der Waals surface area contributed by atoms with Gasteiger partial charge in [0.15, 0.2) is 0 Å². The zero-order chi connectivity index (χ0) is 22.7. The first-order valence-corrected chi connectivity index (χ1v) is 10.3. The zero-order valence-electron chi connectivity index (χ0n) is 17.9. The second kappa shape index (κ2) is 8.66. The van der Waals surface area contributed by atoms with E-state index in [2.05, 4.69) is 20.9 Å². The topological polar surface area (TPSA) is 109 Å². The fourth-order valence-corrected chi connectivity index (χ4v) is 3.61. The molecular formula is C24H24N4O4. The molecule has 164 valence electrons. The van der Waals surface area contributed by atoms with E-state index < -0.39 is 17.5 Å². The molecule has 3 aromatic rings. The third kappa shape index (κ3) is 4.69. The lowest BCUT2D eigenvalue weighted by atomic mass is 10.0. The first kappa shape index (κ1) is 21.3. The summed E-state index contributed by atoms with van der Waals surface area (Å²) in [5.74, 6) is -0.000371. The van der Waals surface area contributed by atoms with E-state index in [4.69, 9.17) is 4.74 Å². The van der Waals surface area contributed by atoms with Gasteiger partial charge in [-0.1, -0.05) is 30.3 Å². The van der Waals surface area contributed by atoms with E-state index in [-0.39, 0.29) is 18.9 Å². The van der Waals surface area contributed by atoms with Crippen LogP contribution in [0.4, 0.5) is 4.79 Å². The molecule has 1 aliphatic heterocycles. The molecule has 1 aromatic heterocycles. The Morgan fingerprint density at radius 3 is 2.59 bits per heavy atom. The number of nitrogens with one attached hydrogen (secondary N) is 3. The van der Waals surface area contributed by atoms with Crippen LogP contribution in [0.25, 0.3) is 10.9 Å². The predicted octanol–water partition coefficient (Wildman–Crippen LogP) is 2.38. The van der Waals surface area contributed by atoms with Crippen molar-refractivity contribution in [3.8, 4) is 5.75 Å². The molecule has 0 bridgehead atoms. The Labute approximate surface area is 185 Å². The van der Waals surface area contributed by atoms with Crippen LogP contribution < -0.4 is 20.7 Å². The Morgan fingerprint density at radius 2 is 1.88 bits per heavy atom. The highest BCUT2D eigenvalue weighted by Crippen LogP contribution is 2.21. The van der Waals surface area contributed by atoms with Crippen LogP contribution in [0.15, 0.2) is 54.6 Å². The van der Waals surface area contributed by atoms with Gasteiger partial charge in [-0.25, -0.2) is 4.79 Å². The number of carbonyl (C=O) groups excluding carboxylic acids is 3. The minimum absolute atomic E-state index is 0.0178. The maximum Gasteiger partial charge on any atom is 0.322 e. The fourth-order valence-electron chi connectivity index (χ4n) is 3.61. The van der Waals surface area contributed by atoms with E-state index in [0.717, 1.165) is 27.7 Å². The number of ether oxygens (including phenoxy) is 1. The van der Waals surface area contributed by atoms with Gasteiger partial charge in [0.05, 0.1) is 11.9 Å². The minimum Gasteiger partial charge on any atom is -0.489 e. The quantitative estimate of drug-likeness (QED) is 0.497. The Kier molecular flexibility index (Phi) is 5.77. The SMILES string of the molecule is Cc1cc(COc2ccc(CC(=O)NCC3(C)NC(=O)NC3=O)cc2)c2ccccc2n1. The molecule has 2 heterocycles. The molecule has 0 saturated carbocycles. The molecule has 8 heteroatoms. The summed E-state index contributed by atoms with van der Waals surface area (Å²) in [5.41, 5.74) is 2.61. The Morgan fingerprint density at radius 1 is 1.12 bits per heavy atom. The van der Waals surface area contributed by atoms with Gasteiger partial charge in [-0.15, -0.1) is 0 Å². The number of hydrogen-bond donors (Lipinski definition) is 3. The summed E-state index contributed by atoms with van der Waals surface area (Å²) in [6.07, 6.45) is 0.153. The lowest BCUT2D eigenvalue weighted by molar-refractivity contribution is -0.124. The zero-order valence-corrected chi connectivity index (χ0v) is 17.9. The predicted molar refractivity (Wildman–Crippen MR) is 119 cm³/mol. The minimum atomic E-state index is -1.14. The van der Waals surface area contributed by atoms with Crippen molar-refractivity contribution >= 4 is 28.7 Å². The highest BCUT2D eigenvalue weighted by molar-refractivity contribution is 6.07. The number of carbonyl (C=O) groups is 3. The highest BCUT2D eigenvalue weighted by Gasteiger charge is 2.41. The van der Waals surface area contributed by atoms with Gasteiger partial charge in [0.2, 0.25) is 5.91 Å². The van der Waals surface area contributed by atoms with Gasteiger partial charge in [0, 0.05) is 23.2 Å². The Bertz CT molecular complexity index is 1190. The Balaban J connectivity index is 1.32. The van der Waals surface area contributed by atoms with Crippen LogP contribution in [0, 0.1) is 6.92 Å². The van der Waals surface area contributed by atoms with Crippen LogP contribution in [0.5, 0.6) is 5.75 Å². The summed E-state index contributed by atoms with van der Waals surface area (Å²) in [5, 5.41) is 8.44. The number of rotatable bonds is 7. The third-order valence-electron chi connectivity index (χ3n) is 5.37. The molecule has 32 heavy (non-hydrogen) atoms. The largest absolute Gasteiger partial charge is 0.489 e. The van der Waals surface area contributed by atoms with Gasteiger partial charge >= 0.3 is 6.03 Å². The standard InChI is InChI=1S/C24H24N4O4/c1-15-11-17(19-5-3-4-6-20(19)26-15)13-32-18-9-7-16(8-10-18)12-21(29)25-14-24(2)22(30)27-23(31)28-24/h3-11H,12-14H2,1-2H3,(H,25,29)(H2,27,28,30,31). The second-order valence-electron chi connectivity index (χ2n) is 8.07. The molecule has 0 spiro atoms. The van der Waals surface area contributed by atoms with Crippen LogP contribution in [-0.4, -0.2) is 34.9 Å². The van der Waals surface area contributed by atoms with Gasteiger partial charge < -0.3 is 15.4 Å². The van der Waals surface area contributed by atoms with E-state index >= 15 is 0 Å². The lowest BCUT2D eigenvalue weighted by Gasteiger charge is -2.20. The van der Waals surface area contributed by atoms with E-state index in [9.17, 15) is 14.4 Å². The van der Waals surface area contributed by atoms with Crippen molar-refractivity contribution in [1.82, 2.24) is 20.9 Å². The number of imide groups is 1. The molecule has 1 fully saturated rings. The van der Waals surface area contributed by atoms with Gasteiger partial charge in [0.1, 0.15) is 17.9 Å². The molecular weight excluding hydrogens is 408 g/mol. The van der Waals surface area contributed by atoms with Crippen LogP contribution in [-0.2, 0) is 22.6 Å². The summed E-state index contributed by atoms with van der Waals surface area (Å²) in [6.45, 7) is 3.95. The van der Waals surface area contributed by atoms with E-state index in [1.165, 1.54) is 0 Å². The second-order valence-corrected chi connectivity index (χ2v) is 8.07. The first-order chi connectivity index (χ1) is 15.3. The van der Waals surface area contributed by atoms with Crippen molar-refractivity contribution in [3.05, 3.63) is 71.4 Å². The fraction of sp³-hybridized carbons (Fsp3) is 0.250. The number of amides is 4. The normalized spacial score (nSPS) is 17.7. The summed E-state index contributed by atoms with van der Waals surface area (Å²) >= 11 is 0. The first-order valence-electron chi connectivity index (χ1n) is 10.3. The summed E-state index contributed by atoms with van der Waals surface area (Å²) in [6, 6.07) is 16.7. The average Bonchev–Trinajstić information content (AvgIpc) is 3.03. The molecule has 1 saturated heterocycles. The van der Waals surface area contributed by atoms with Crippen molar-refractivity contribution < 1.29 is 19.1 Å². The van der Waals surface area contributed by atoms with Gasteiger partial charge in [-0.3, -0.25) is 19.9 Å². The number of hydrogen-bond acceptors (Lipinski definition) is 5. The number of para-hydroxylation sites is 1. The molecule has 0 radical (unpaired) electrons. The average molecular weight is 432 g/mol. The van der Waals surface area contributed by atoms with Crippen LogP contribution in [0.3, 0.4) is 0 Å². The molecule has 0 aliphatic carbocycles. The monoisotopic (exact) mass is 432 g/mol. The number of pyridine rings is 1. The van der Waals surface area contributed by atoms with E-state index in [1.807, 2.05) is 61.5 Å². The van der Waals surface area contributed by atoms with Crippen molar-refractivity contribution in [1.29, 1.82) is 0 Å². The van der Waals surface area contributed by atoms with E-state index in [1.54, 1.807) is 6.92 Å². The maximum atomic E-state index is 12.3. The van der Waals surface area contributed by atoms with Gasteiger partial charge in [-0.2, -0.15) is 0 Å². The van der Waals surface area contributed by atoms with Crippen LogP contribution >= 0.6 is 0 Å².